The molecule has 3 aromatic rings. The van der Waals surface area contributed by atoms with Crippen LogP contribution in [0.4, 0.5) is 0 Å². The van der Waals surface area contributed by atoms with E-state index in [0.717, 1.165) is 16.6 Å². The molecule has 0 spiro atoms. The molecule has 0 N–H and O–H groups in total. The summed E-state index contributed by atoms with van der Waals surface area (Å²) in [5.41, 5.74) is 4.68. The smallest absolute Gasteiger partial charge is 0.254 e. The number of fused-ring (bicyclic) bond motifs is 1. The van der Waals surface area contributed by atoms with Crippen molar-refractivity contribution in [3.63, 3.8) is 0 Å². The summed E-state index contributed by atoms with van der Waals surface area (Å²) in [7, 11) is 1.93. The van der Waals surface area contributed by atoms with Gasteiger partial charge in [0.25, 0.3) is 5.91 Å². The summed E-state index contributed by atoms with van der Waals surface area (Å²) < 4.78 is 1.93. The third-order valence-corrected chi connectivity index (χ3v) is 5.37. The molecule has 0 bridgehead atoms. The molecule has 2 heterocycles. The van der Waals surface area contributed by atoms with Gasteiger partial charge in [0.05, 0.1) is 23.8 Å². The highest BCUT2D eigenvalue weighted by Gasteiger charge is 2.25. The Balaban J connectivity index is 1.36. The number of hydrogen-bond donors (Lipinski definition) is 0. The third kappa shape index (κ3) is 3.63. The predicted molar refractivity (Wildman–Crippen MR) is 108 cm³/mol. The number of benzene rings is 2. The van der Waals surface area contributed by atoms with Crippen molar-refractivity contribution in [2.75, 3.05) is 26.2 Å². The van der Waals surface area contributed by atoms with E-state index in [4.69, 9.17) is 0 Å². The van der Waals surface area contributed by atoms with Gasteiger partial charge in [-0.3, -0.25) is 9.59 Å². The van der Waals surface area contributed by atoms with Crippen molar-refractivity contribution in [2.45, 2.75) is 13.3 Å². The summed E-state index contributed by atoms with van der Waals surface area (Å²) in [6.07, 6.45) is 2.15. The van der Waals surface area contributed by atoms with Crippen LogP contribution >= 0.6 is 0 Å². The van der Waals surface area contributed by atoms with Gasteiger partial charge in [0.15, 0.2) is 0 Å². The van der Waals surface area contributed by atoms with Crippen LogP contribution in [-0.2, 0) is 18.3 Å². The summed E-state index contributed by atoms with van der Waals surface area (Å²) in [5.74, 6) is 0.115. The van der Waals surface area contributed by atoms with Crippen molar-refractivity contribution in [3.8, 4) is 0 Å². The first-order valence-corrected chi connectivity index (χ1v) is 9.55. The van der Waals surface area contributed by atoms with Gasteiger partial charge in [-0.15, -0.1) is 0 Å². The lowest BCUT2D eigenvalue weighted by Gasteiger charge is -2.35. The maximum Gasteiger partial charge on any atom is 0.254 e. The molecule has 1 aliphatic heterocycles. The van der Waals surface area contributed by atoms with Gasteiger partial charge < -0.3 is 14.4 Å². The van der Waals surface area contributed by atoms with Crippen molar-refractivity contribution < 1.29 is 9.59 Å². The zero-order valence-corrected chi connectivity index (χ0v) is 16.3. The first kappa shape index (κ1) is 18.2. The fourth-order valence-corrected chi connectivity index (χ4v) is 3.60. The van der Waals surface area contributed by atoms with Crippen LogP contribution in [-0.4, -0.2) is 57.3 Å². The number of amides is 2. The topological polar surface area (TPSA) is 58.4 Å². The zero-order chi connectivity index (χ0) is 19.7. The molecule has 1 aliphatic rings. The van der Waals surface area contributed by atoms with Gasteiger partial charge >= 0.3 is 0 Å². The zero-order valence-electron chi connectivity index (χ0n) is 16.3. The minimum absolute atomic E-state index is 0.00168. The second-order valence-corrected chi connectivity index (χ2v) is 7.39. The molecule has 1 fully saturated rings. The normalized spacial score (nSPS) is 14.5. The average molecular weight is 376 g/mol. The highest BCUT2D eigenvalue weighted by atomic mass is 16.2. The van der Waals surface area contributed by atoms with Gasteiger partial charge in [-0.2, -0.15) is 0 Å². The third-order valence-electron chi connectivity index (χ3n) is 5.37. The van der Waals surface area contributed by atoms with Gasteiger partial charge in [-0.25, -0.2) is 4.98 Å². The summed E-state index contributed by atoms with van der Waals surface area (Å²) in [5, 5.41) is 0. The van der Waals surface area contributed by atoms with Crippen LogP contribution in [0.3, 0.4) is 0 Å². The lowest BCUT2D eigenvalue weighted by molar-refractivity contribution is -0.131. The largest absolute Gasteiger partial charge is 0.339 e. The van der Waals surface area contributed by atoms with Crippen LogP contribution in [0.25, 0.3) is 11.0 Å². The summed E-state index contributed by atoms with van der Waals surface area (Å²) in [4.78, 5) is 33.4. The van der Waals surface area contributed by atoms with Crippen molar-refractivity contribution >= 4 is 22.8 Å². The number of rotatable bonds is 3. The van der Waals surface area contributed by atoms with Crippen LogP contribution in [0.1, 0.15) is 21.5 Å². The van der Waals surface area contributed by atoms with Crippen LogP contribution < -0.4 is 0 Å². The van der Waals surface area contributed by atoms with Gasteiger partial charge in [0.2, 0.25) is 5.91 Å². The highest BCUT2D eigenvalue weighted by Crippen LogP contribution is 2.17. The number of carbonyl (C=O) groups is 2. The number of aromatic nitrogens is 2. The molecule has 144 valence electrons. The van der Waals surface area contributed by atoms with E-state index in [1.54, 1.807) is 6.33 Å². The quantitative estimate of drug-likeness (QED) is 0.705. The maximum absolute atomic E-state index is 12.8. The van der Waals surface area contributed by atoms with Crippen LogP contribution in [0, 0.1) is 6.92 Å². The van der Waals surface area contributed by atoms with E-state index in [9.17, 15) is 9.59 Å². The van der Waals surface area contributed by atoms with Gasteiger partial charge in [-0.05, 0) is 30.7 Å². The number of aryl methyl sites for hydroxylation is 2. The van der Waals surface area contributed by atoms with E-state index in [-0.39, 0.29) is 11.8 Å². The molecule has 28 heavy (non-hydrogen) atoms. The van der Waals surface area contributed by atoms with Crippen molar-refractivity contribution in [1.82, 2.24) is 19.4 Å². The monoisotopic (exact) mass is 376 g/mol. The first-order valence-electron chi connectivity index (χ1n) is 9.55. The minimum atomic E-state index is -0.00168. The van der Waals surface area contributed by atoms with Crippen molar-refractivity contribution in [2.24, 2.45) is 7.05 Å². The molecule has 4 rings (SSSR count). The van der Waals surface area contributed by atoms with Gasteiger partial charge in [-0.1, -0.05) is 29.8 Å². The number of carbonyl (C=O) groups excluding carboxylic acids is 2. The molecular formula is C22H24N4O2. The van der Waals surface area contributed by atoms with E-state index in [2.05, 4.69) is 4.98 Å². The van der Waals surface area contributed by atoms with E-state index >= 15 is 0 Å². The Morgan fingerprint density at radius 1 is 0.964 bits per heavy atom. The molecule has 0 unspecified atom stereocenters. The number of nitrogens with zero attached hydrogens (tertiary/aromatic N) is 4. The standard InChI is InChI=1S/C22H24N4O2/c1-16-3-5-17(6-4-16)13-21(27)25-9-11-26(12-10-25)22(28)18-7-8-20-19(14-18)23-15-24(20)2/h3-8,14-15H,9-13H2,1-2H3. The summed E-state index contributed by atoms with van der Waals surface area (Å²) >= 11 is 0. The Hall–Kier alpha value is -3.15. The number of piperazine rings is 1. The molecule has 1 aromatic heterocycles. The summed E-state index contributed by atoms with van der Waals surface area (Å²) in [6, 6.07) is 13.7. The van der Waals surface area contributed by atoms with E-state index in [0.29, 0.717) is 38.2 Å². The fourth-order valence-electron chi connectivity index (χ4n) is 3.60. The molecule has 0 radical (unpaired) electrons. The van der Waals surface area contributed by atoms with Crippen LogP contribution in [0.2, 0.25) is 0 Å². The average Bonchev–Trinajstić information content (AvgIpc) is 3.09. The Morgan fingerprint density at radius 2 is 1.64 bits per heavy atom. The van der Waals surface area contributed by atoms with Crippen LogP contribution in [0.5, 0.6) is 0 Å². The molecule has 0 saturated carbocycles. The number of hydrogen-bond acceptors (Lipinski definition) is 3. The molecule has 6 heteroatoms. The molecule has 2 aromatic carbocycles. The Kier molecular flexibility index (Phi) is 4.86. The van der Waals surface area contributed by atoms with Crippen LogP contribution in [0.15, 0.2) is 48.8 Å². The van der Waals surface area contributed by atoms with Crippen molar-refractivity contribution in [3.05, 3.63) is 65.5 Å². The lowest BCUT2D eigenvalue weighted by atomic mass is 10.1. The van der Waals surface area contributed by atoms with Crippen molar-refractivity contribution in [1.29, 1.82) is 0 Å². The van der Waals surface area contributed by atoms with Gasteiger partial charge in [0.1, 0.15) is 0 Å². The summed E-state index contributed by atoms with van der Waals surface area (Å²) in [6.45, 7) is 4.29. The van der Waals surface area contributed by atoms with E-state index in [1.807, 2.05) is 70.8 Å². The fraction of sp³-hybridized carbons (Fsp3) is 0.318. The Labute approximate surface area is 164 Å². The number of imidazole rings is 1. The van der Waals surface area contributed by atoms with E-state index < -0.39 is 0 Å². The maximum atomic E-state index is 12.8. The SMILES string of the molecule is Cc1ccc(CC(=O)N2CCN(C(=O)c3ccc4c(c3)ncn4C)CC2)cc1. The lowest BCUT2D eigenvalue weighted by Crippen LogP contribution is -2.51. The van der Waals surface area contributed by atoms with Gasteiger partial charge in [0, 0.05) is 38.8 Å². The predicted octanol–water partition coefficient (Wildman–Crippen LogP) is 2.41. The molecule has 1 saturated heterocycles. The molecule has 0 atom stereocenters. The molecule has 6 nitrogen and oxygen atoms in total. The van der Waals surface area contributed by atoms with E-state index in [1.165, 1.54) is 5.56 Å². The Morgan fingerprint density at radius 3 is 2.36 bits per heavy atom. The molecule has 2 amide bonds. The highest BCUT2D eigenvalue weighted by molar-refractivity contribution is 5.97. The minimum Gasteiger partial charge on any atom is -0.339 e. The molecular weight excluding hydrogens is 352 g/mol. The Bertz CT molecular complexity index is 1010. The second-order valence-electron chi connectivity index (χ2n) is 7.39. The molecule has 0 aliphatic carbocycles. The second kappa shape index (κ2) is 7.46. The first-order chi connectivity index (χ1) is 13.5.